The molecule has 18 heavy (non-hydrogen) atoms. The third-order valence-electron chi connectivity index (χ3n) is 2.59. The molecule has 96 valence electrons. The van der Waals surface area contributed by atoms with E-state index < -0.39 is 12.0 Å². The highest BCUT2D eigenvalue weighted by Crippen LogP contribution is 2.23. The summed E-state index contributed by atoms with van der Waals surface area (Å²) in [6.07, 6.45) is -4.52. The Balaban J connectivity index is 2.41. The molecule has 0 unspecified atom stereocenters. The number of amidine groups is 2. The van der Waals surface area contributed by atoms with Crippen molar-refractivity contribution in [1.82, 2.24) is 10.0 Å². The highest BCUT2D eigenvalue weighted by molar-refractivity contribution is 6.02. The van der Waals surface area contributed by atoms with Gasteiger partial charge < -0.3 is 0 Å². The zero-order chi connectivity index (χ0) is 13.3. The lowest BCUT2D eigenvalue weighted by Gasteiger charge is -2.35. The highest BCUT2D eigenvalue weighted by Gasteiger charge is 2.42. The minimum absolute atomic E-state index is 0.367. The molecule has 0 saturated heterocycles. The van der Waals surface area contributed by atoms with E-state index >= 15 is 0 Å². The van der Waals surface area contributed by atoms with Crippen LogP contribution in [0.2, 0.25) is 0 Å². The molecule has 1 aromatic carbocycles. The van der Waals surface area contributed by atoms with Gasteiger partial charge in [-0.25, -0.2) is 0 Å². The second-order valence-electron chi connectivity index (χ2n) is 3.76. The van der Waals surface area contributed by atoms with E-state index in [1.807, 2.05) is 6.07 Å². The Morgan fingerprint density at radius 2 is 1.56 bits per heavy atom. The Kier molecular flexibility index (Phi) is 2.98. The van der Waals surface area contributed by atoms with Crippen molar-refractivity contribution >= 4 is 11.7 Å². The lowest BCUT2D eigenvalue weighted by atomic mass is 10.2. The van der Waals surface area contributed by atoms with E-state index in [4.69, 9.17) is 0 Å². The molecule has 1 aliphatic rings. The van der Waals surface area contributed by atoms with E-state index in [-0.39, 0.29) is 0 Å². The minimum Gasteiger partial charge on any atom is -0.268 e. The smallest absolute Gasteiger partial charge is 0.268 e. The number of hydrogen-bond donors (Lipinski definition) is 0. The predicted octanol–water partition coefficient (Wildman–Crippen LogP) is 2.10. The zero-order valence-corrected chi connectivity index (χ0v) is 9.81. The van der Waals surface area contributed by atoms with Crippen LogP contribution in [0.15, 0.2) is 40.5 Å². The predicted molar refractivity (Wildman–Crippen MR) is 62.0 cm³/mol. The van der Waals surface area contributed by atoms with Gasteiger partial charge in [0.05, 0.1) is 0 Å². The number of rotatable bonds is 1. The minimum atomic E-state index is -4.52. The first-order valence-corrected chi connectivity index (χ1v) is 5.17. The highest BCUT2D eigenvalue weighted by atomic mass is 19.4. The topological polar surface area (TPSA) is 31.2 Å². The van der Waals surface area contributed by atoms with E-state index in [2.05, 4.69) is 10.2 Å². The summed E-state index contributed by atoms with van der Waals surface area (Å²) < 4.78 is 37.9. The maximum absolute atomic E-state index is 12.6. The maximum atomic E-state index is 12.6. The van der Waals surface area contributed by atoms with E-state index in [9.17, 15) is 13.2 Å². The van der Waals surface area contributed by atoms with Gasteiger partial charge in [-0.1, -0.05) is 30.3 Å². The van der Waals surface area contributed by atoms with E-state index in [1.54, 1.807) is 24.3 Å². The van der Waals surface area contributed by atoms with Crippen LogP contribution in [0.3, 0.4) is 0 Å². The van der Waals surface area contributed by atoms with Crippen molar-refractivity contribution in [3.63, 3.8) is 0 Å². The lowest BCUT2D eigenvalue weighted by Crippen LogP contribution is -2.52. The van der Waals surface area contributed by atoms with Crippen molar-refractivity contribution in [2.24, 2.45) is 10.2 Å². The molecule has 0 bridgehead atoms. The molecule has 0 fully saturated rings. The van der Waals surface area contributed by atoms with Crippen LogP contribution in [0, 0.1) is 0 Å². The average Bonchev–Trinajstić information content (AvgIpc) is 2.32. The van der Waals surface area contributed by atoms with Crippen LogP contribution in [-0.4, -0.2) is 42.0 Å². The monoisotopic (exact) mass is 256 g/mol. The van der Waals surface area contributed by atoms with E-state index in [0.717, 1.165) is 5.01 Å². The number of alkyl halides is 3. The van der Waals surface area contributed by atoms with Gasteiger partial charge in [-0.15, -0.1) is 10.2 Å². The van der Waals surface area contributed by atoms with Gasteiger partial charge in [0.2, 0.25) is 0 Å². The van der Waals surface area contributed by atoms with Gasteiger partial charge in [-0.3, -0.25) is 10.0 Å². The van der Waals surface area contributed by atoms with E-state index in [0.29, 0.717) is 11.4 Å². The molecule has 7 heteroatoms. The van der Waals surface area contributed by atoms with Gasteiger partial charge in [0, 0.05) is 19.7 Å². The largest absolute Gasteiger partial charge is 0.453 e. The van der Waals surface area contributed by atoms with Crippen LogP contribution in [0.5, 0.6) is 0 Å². The standard InChI is InChI=1S/C11H11F3N4/c1-17-9(8-6-4-3-5-7-8)15-16-10(18(17)2)11(12,13)14/h3-7H,1-2H3. The van der Waals surface area contributed by atoms with Crippen molar-refractivity contribution in [2.45, 2.75) is 6.18 Å². The summed E-state index contributed by atoms with van der Waals surface area (Å²) in [5.41, 5.74) is 0.705. The molecule has 0 saturated carbocycles. The lowest BCUT2D eigenvalue weighted by molar-refractivity contribution is -0.0762. The van der Waals surface area contributed by atoms with Gasteiger partial charge in [0.1, 0.15) is 0 Å². The van der Waals surface area contributed by atoms with Crippen molar-refractivity contribution in [1.29, 1.82) is 0 Å². The van der Waals surface area contributed by atoms with Crippen molar-refractivity contribution < 1.29 is 13.2 Å². The fourth-order valence-corrected chi connectivity index (χ4v) is 1.58. The molecular weight excluding hydrogens is 245 g/mol. The van der Waals surface area contributed by atoms with Crippen LogP contribution in [0.1, 0.15) is 5.56 Å². The Labute approximate surface area is 102 Å². The fourth-order valence-electron chi connectivity index (χ4n) is 1.58. The Morgan fingerprint density at radius 3 is 2.11 bits per heavy atom. The van der Waals surface area contributed by atoms with Crippen LogP contribution >= 0.6 is 0 Å². The molecule has 1 heterocycles. The third-order valence-corrected chi connectivity index (χ3v) is 2.59. The first-order chi connectivity index (χ1) is 8.41. The molecule has 0 aliphatic carbocycles. The molecule has 0 aromatic heterocycles. The molecule has 2 rings (SSSR count). The van der Waals surface area contributed by atoms with Gasteiger partial charge in [-0.05, 0) is 0 Å². The third kappa shape index (κ3) is 2.15. The van der Waals surface area contributed by atoms with Crippen molar-refractivity contribution in [3.05, 3.63) is 35.9 Å². The number of nitrogens with zero attached hydrogens (tertiary/aromatic N) is 4. The normalized spacial score (nSPS) is 16.5. The molecule has 0 atom stereocenters. The summed E-state index contributed by atoms with van der Waals surface area (Å²) in [4.78, 5) is 0. The first-order valence-electron chi connectivity index (χ1n) is 5.17. The molecular formula is C11H11F3N4. The first kappa shape index (κ1) is 12.4. The Morgan fingerprint density at radius 1 is 0.944 bits per heavy atom. The number of hydrazine groups is 1. The van der Waals surface area contributed by atoms with Crippen molar-refractivity contribution in [3.8, 4) is 0 Å². The van der Waals surface area contributed by atoms with Crippen LogP contribution in [-0.2, 0) is 0 Å². The molecule has 0 amide bonds. The second-order valence-corrected chi connectivity index (χ2v) is 3.76. The SMILES string of the molecule is CN1C(c2ccccc2)=NN=C(C(F)(F)F)N1C. The molecule has 0 N–H and O–H groups in total. The van der Waals surface area contributed by atoms with Crippen LogP contribution in [0.25, 0.3) is 0 Å². The summed E-state index contributed by atoms with van der Waals surface area (Å²) in [7, 11) is 2.80. The van der Waals surface area contributed by atoms with Gasteiger partial charge in [0.15, 0.2) is 5.84 Å². The second kappa shape index (κ2) is 4.32. The number of benzene rings is 1. The molecule has 0 spiro atoms. The summed E-state index contributed by atoms with van der Waals surface area (Å²) >= 11 is 0. The average molecular weight is 256 g/mol. The van der Waals surface area contributed by atoms with Crippen molar-refractivity contribution in [2.75, 3.05) is 14.1 Å². The van der Waals surface area contributed by atoms with Gasteiger partial charge in [-0.2, -0.15) is 13.2 Å². The maximum Gasteiger partial charge on any atom is 0.453 e. The number of hydrogen-bond acceptors (Lipinski definition) is 4. The van der Waals surface area contributed by atoms with E-state index in [1.165, 1.54) is 19.1 Å². The fraction of sp³-hybridized carbons (Fsp3) is 0.273. The van der Waals surface area contributed by atoms with Crippen LogP contribution in [0.4, 0.5) is 13.2 Å². The Bertz CT molecular complexity index is 493. The summed E-state index contributed by atoms with van der Waals surface area (Å²) in [6.45, 7) is 0. The molecule has 1 aliphatic heterocycles. The molecule has 1 aromatic rings. The Hall–Kier alpha value is -2.05. The molecule has 4 nitrogen and oxygen atoms in total. The number of halogens is 3. The molecule has 0 radical (unpaired) electrons. The summed E-state index contributed by atoms with van der Waals surface area (Å²) in [5, 5.41) is 9.14. The summed E-state index contributed by atoms with van der Waals surface area (Å²) in [5.74, 6) is -0.671. The zero-order valence-electron chi connectivity index (χ0n) is 9.81. The van der Waals surface area contributed by atoms with Gasteiger partial charge >= 0.3 is 6.18 Å². The quantitative estimate of drug-likeness (QED) is 0.770. The summed E-state index contributed by atoms with van der Waals surface area (Å²) in [6, 6.07) is 8.92. The van der Waals surface area contributed by atoms with Crippen LogP contribution < -0.4 is 0 Å². The van der Waals surface area contributed by atoms with Gasteiger partial charge in [0.25, 0.3) is 5.84 Å².